The van der Waals surface area contributed by atoms with Crippen molar-refractivity contribution in [1.82, 2.24) is 9.80 Å². The summed E-state index contributed by atoms with van der Waals surface area (Å²) in [5.41, 5.74) is 0. The van der Waals surface area contributed by atoms with Crippen molar-refractivity contribution in [3.05, 3.63) is 0 Å². The van der Waals surface area contributed by atoms with Crippen LogP contribution in [0.1, 0.15) is 77.6 Å². The molecular weight excluding hydrogens is 270 g/mol. The predicted molar refractivity (Wildman–Crippen MR) is 99.9 cm³/mol. The van der Waals surface area contributed by atoms with Gasteiger partial charge in [-0.05, 0) is 6.42 Å². The molecule has 0 aliphatic carbocycles. The molecule has 0 saturated carbocycles. The van der Waals surface area contributed by atoms with Crippen molar-refractivity contribution in [3.63, 3.8) is 0 Å². The van der Waals surface area contributed by atoms with E-state index < -0.39 is 0 Å². The lowest BCUT2D eigenvalue weighted by atomic mass is 10.1. The van der Waals surface area contributed by atoms with Crippen LogP contribution in [0.15, 0.2) is 0 Å². The third-order valence-electron chi connectivity index (χ3n) is 4.24. The van der Waals surface area contributed by atoms with Gasteiger partial charge in [-0.1, -0.05) is 71.1 Å². The average Bonchev–Trinajstić information content (AvgIpc) is 2.44. The molecule has 0 aliphatic rings. The maximum absolute atomic E-state index is 2.37. The molecule has 0 radical (unpaired) electrons. The molecule has 0 aromatic carbocycles. The molecule has 0 aromatic rings. The van der Waals surface area contributed by atoms with Crippen LogP contribution in [-0.2, 0) is 0 Å². The summed E-state index contributed by atoms with van der Waals surface area (Å²) in [7, 11) is 10.7. The second-order valence-electron chi connectivity index (χ2n) is 7.05. The van der Waals surface area contributed by atoms with Crippen LogP contribution in [0.4, 0.5) is 0 Å². The molecule has 3 nitrogen and oxygen atoms in total. The van der Waals surface area contributed by atoms with Gasteiger partial charge in [0.1, 0.15) is 0 Å². The Balaban J connectivity index is 3.52. The topological polar surface area (TPSA) is 9.49 Å². The molecule has 132 valence electrons. The molecular formula is C19H42N3+. The molecule has 0 N–H and O–H groups in total. The van der Waals surface area contributed by atoms with E-state index in [2.05, 4.69) is 56.5 Å². The first-order valence-electron chi connectivity index (χ1n) is 9.43. The Morgan fingerprint density at radius 2 is 1.09 bits per heavy atom. The Morgan fingerprint density at radius 3 is 1.45 bits per heavy atom. The van der Waals surface area contributed by atoms with E-state index in [4.69, 9.17) is 0 Å². The maximum Gasteiger partial charge on any atom is 0.349 e. The monoisotopic (exact) mass is 312 g/mol. The summed E-state index contributed by atoms with van der Waals surface area (Å²) >= 11 is 0. The zero-order chi connectivity index (χ0) is 16.8. The predicted octanol–water partition coefficient (Wildman–Crippen LogP) is 4.42. The van der Waals surface area contributed by atoms with Crippen LogP contribution in [0.5, 0.6) is 0 Å². The van der Waals surface area contributed by atoms with Crippen LogP contribution in [0.2, 0.25) is 0 Å². The molecule has 22 heavy (non-hydrogen) atoms. The molecule has 3 heteroatoms. The zero-order valence-corrected chi connectivity index (χ0v) is 16.3. The van der Waals surface area contributed by atoms with Crippen molar-refractivity contribution >= 4 is 5.96 Å². The van der Waals surface area contributed by atoms with Gasteiger partial charge >= 0.3 is 5.96 Å². The molecule has 0 bridgehead atoms. The Bertz CT molecular complexity index is 280. The molecule has 0 atom stereocenters. The Hall–Kier alpha value is -0.730. The molecule has 0 unspecified atom stereocenters. The highest BCUT2D eigenvalue weighted by Gasteiger charge is 2.17. The summed E-state index contributed by atoms with van der Waals surface area (Å²) in [5.74, 6) is 1.28. The van der Waals surface area contributed by atoms with Crippen LogP contribution in [0.25, 0.3) is 0 Å². The van der Waals surface area contributed by atoms with Gasteiger partial charge in [0.05, 0.1) is 41.8 Å². The highest BCUT2D eigenvalue weighted by molar-refractivity contribution is 5.74. The first-order chi connectivity index (χ1) is 10.5. The van der Waals surface area contributed by atoms with Gasteiger partial charge in [0, 0.05) is 0 Å². The van der Waals surface area contributed by atoms with E-state index in [-0.39, 0.29) is 0 Å². The van der Waals surface area contributed by atoms with E-state index in [0.29, 0.717) is 0 Å². The lowest BCUT2D eigenvalue weighted by molar-refractivity contribution is -0.475. The fraction of sp³-hybridized carbons (Fsp3) is 0.947. The summed E-state index contributed by atoms with van der Waals surface area (Å²) in [6, 6.07) is 0. The van der Waals surface area contributed by atoms with Crippen LogP contribution < -0.4 is 0 Å². The second kappa shape index (κ2) is 13.9. The van der Waals surface area contributed by atoms with E-state index in [1.165, 1.54) is 76.6 Å². The summed E-state index contributed by atoms with van der Waals surface area (Å²) in [5, 5.41) is 0. The number of nitrogens with zero attached hydrogens (tertiary/aromatic N) is 3. The number of unbranched alkanes of at least 4 members (excludes halogenated alkanes) is 10. The SMILES string of the molecule is CCCCCCCCCCCCCN(C)C(N(C)C)=[N+](C)C. The van der Waals surface area contributed by atoms with E-state index in [0.717, 1.165) is 6.54 Å². The van der Waals surface area contributed by atoms with Gasteiger partial charge in [-0.2, -0.15) is 0 Å². The first kappa shape index (κ1) is 21.3. The van der Waals surface area contributed by atoms with Gasteiger partial charge in [-0.15, -0.1) is 0 Å². The third kappa shape index (κ3) is 10.9. The summed E-state index contributed by atoms with van der Waals surface area (Å²) in [6.07, 6.45) is 15.5. The molecule has 0 aromatic heterocycles. The van der Waals surface area contributed by atoms with Crippen LogP contribution >= 0.6 is 0 Å². The normalized spacial score (nSPS) is 10.6. The van der Waals surface area contributed by atoms with Gasteiger partial charge in [-0.3, -0.25) is 14.4 Å². The van der Waals surface area contributed by atoms with Crippen LogP contribution in [-0.4, -0.2) is 62.1 Å². The number of guanidine groups is 1. The highest BCUT2D eigenvalue weighted by Crippen LogP contribution is 2.11. The first-order valence-corrected chi connectivity index (χ1v) is 9.43. The van der Waals surface area contributed by atoms with Crippen molar-refractivity contribution in [2.24, 2.45) is 0 Å². The summed E-state index contributed by atoms with van der Waals surface area (Å²) in [6.45, 7) is 3.44. The molecule has 0 heterocycles. The Labute approximate surface area is 140 Å². The van der Waals surface area contributed by atoms with Gasteiger partial charge in [0.15, 0.2) is 0 Å². The lowest BCUT2D eigenvalue weighted by Gasteiger charge is -2.21. The minimum atomic E-state index is 1.16. The van der Waals surface area contributed by atoms with Crippen molar-refractivity contribution < 1.29 is 4.58 Å². The largest absolute Gasteiger partial charge is 0.349 e. The average molecular weight is 313 g/mol. The fourth-order valence-electron chi connectivity index (χ4n) is 3.20. The molecule has 0 rings (SSSR count). The number of hydrogen-bond acceptors (Lipinski definition) is 0. The molecule has 0 saturated heterocycles. The van der Waals surface area contributed by atoms with E-state index in [9.17, 15) is 0 Å². The third-order valence-corrected chi connectivity index (χ3v) is 4.24. The standard InChI is InChI=1S/C19H42N3/c1-7-8-9-10-11-12-13-14-15-16-17-18-22(6)19(20(2)3)21(4)5/h7-18H2,1-6H3/q+1. The fourth-order valence-corrected chi connectivity index (χ4v) is 3.20. The molecule has 0 aliphatic heterocycles. The molecule has 0 amide bonds. The zero-order valence-electron chi connectivity index (χ0n) is 16.3. The summed E-state index contributed by atoms with van der Waals surface area (Å²) < 4.78 is 2.19. The van der Waals surface area contributed by atoms with Crippen LogP contribution in [0, 0.1) is 0 Å². The quantitative estimate of drug-likeness (QED) is 0.228. The van der Waals surface area contributed by atoms with Gasteiger partial charge in [0.2, 0.25) is 0 Å². The van der Waals surface area contributed by atoms with Gasteiger partial charge < -0.3 is 0 Å². The van der Waals surface area contributed by atoms with Gasteiger partial charge in [0.25, 0.3) is 0 Å². The minimum absolute atomic E-state index is 1.16. The highest BCUT2D eigenvalue weighted by atomic mass is 15.4. The summed E-state index contributed by atoms with van der Waals surface area (Å²) in [4.78, 5) is 4.56. The van der Waals surface area contributed by atoms with Crippen molar-refractivity contribution in [2.75, 3.05) is 41.8 Å². The van der Waals surface area contributed by atoms with Crippen LogP contribution in [0.3, 0.4) is 0 Å². The molecule has 0 spiro atoms. The van der Waals surface area contributed by atoms with E-state index in [1.54, 1.807) is 0 Å². The van der Waals surface area contributed by atoms with E-state index >= 15 is 0 Å². The van der Waals surface area contributed by atoms with Crippen molar-refractivity contribution in [2.45, 2.75) is 77.6 Å². The lowest BCUT2D eigenvalue weighted by Crippen LogP contribution is -2.43. The minimum Gasteiger partial charge on any atom is -0.270 e. The van der Waals surface area contributed by atoms with Crippen molar-refractivity contribution in [1.29, 1.82) is 0 Å². The second-order valence-corrected chi connectivity index (χ2v) is 7.05. The number of rotatable bonds is 12. The Morgan fingerprint density at radius 1 is 0.682 bits per heavy atom. The van der Waals surface area contributed by atoms with Gasteiger partial charge in [-0.25, -0.2) is 0 Å². The molecule has 0 fully saturated rings. The Kier molecular flexibility index (Phi) is 13.4. The van der Waals surface area contributed by atoms with Crippen molar-refractivity contribution in [3.8, 4) is 0 Å². The van der Waals surface area contributed by atoms with E-state index in [1.807, 2.05) is 0 Å². The maximum atomic E-state index is 2.37. The number of hydrogen-bond donors (Lipinski definition) is 0. The smallest absolute Gasteiger partial charge is 0.270 e.